The molecule has 2 heterocycles. The first kappa shape index (κ1) is 11.0. The molecule has 90 valence electrons. The van der Waals surface area contributed by atoms with Crippen LogP contribution in [0.25, 0.3) is 5.57 Å². The molecule has 2 nitrogen and oxygen atoms in total. The van der Waals surface area contributed by atoms with Gasteiger partial charge in [-0.1, -0.05) is 6.08 Å². The highest BCUT2D eigenvalue weighted by Crippen LogP contribution is 2.37. The molecule has 17 heavy (non-hydrogen) atoms. The van der Waals surface area contributed by atoms with E-state index in [1.54, 1.807) is 0 Å². The highest BCUT2D eigenvalue weighted by Gasteiger charge is 2.28. The molecule has 1 fully saturated rings. The van der Waals surface area contributed by atoms with E-state index in [1.165, 1.54) is 49.1 Å². The van der Waals surface area contributed by atoms with Gasteiger partial charge in [0.05, 0.1) is 0 Å². The Bertz CT molecular complexity index is 436. The van der Waals surface area contributed by atoms with Crippen molar-refractivity contribution in [2.75, 3.05) is 13.1 Å². The van der Waals surface area contributed by atoms with Gasteiger partial charge in [0.25, 0.3) is 0 Å². The van der Waals surface area contributed by atoms with E-state index in [1.807, 2.05) is 12.4 Å². The van der Waals surface area contributed by atoms with E-state index in [0.29, 0.717) is 0 Å². The standard InChI is InChI=1S/C15H20N2/c1-11-6-14(10-17-8-11)13-3-2-12-4-5-16-9-15(12)7-13/h3,6,8,10,12,15-16H,2,4-5,7,9H2,1H3/t12-,15+/m1/s1. The fourth-order valence-electron chi connectivity index (χ4n) is 3.15. The summed E-state index contributed by atoms with van der Waals surface area (Å²) in [6.45, 7) is 4.52. The molecule has 2 atom stereocenters. The van der Waals surface area contributed by atoms with E-state index in [9.17, 15) is 0 Å². The van der Waals surface area contributed by atoms with Crippen LogP contribution in [0.15, 0.2) is 24.5 Å². The molecule has 1 N–H and O–H groups in total. The van der Waals surface area contributed by atoms with Crippen LogP contribution in [0, 0.1) is 18.8 Å². The summed E-state index contributed by atoms with van der Waals surface area (Å²) in [7, 11) is 0. The molecule has 0 amide bonds. The number of pyridine rings is 1. The number of fused-ring (bicyclic) bond motifs is 1. The largest absolute Gasteiger partial charge is 0.316 e. The van der Waals surface area contributed by atoms with Gasteiger partial charge in [0.1, 0.15) is 0 Å². The third kappa shape index (κ3) is 2.27. The van der Waals surface area contributed by atoms with Gasteiger partial charge in [-0.25, -0.2) is 0 Å². The van der Waals surface area contributed by atoms with Crippen molar-refractivity contribution in [3.63, 3.8) is 0 Å². The second kappa shape index (κ2) is 4.61. The van der Waals surface area contributed by atoms with Gasteiger partial charge in [-0.2, -0.15) is 0 Å². The summed E-state index contributed by atoms with van der Waals surface area (Å²) in [5.41, 5.74) is 4.09. The van der Waals surface area contributed by atoms with Crippen LogP contribution in [0.4, 0.5) is 0 Å². The fourth-order valence-corrected chi connectivity index (χ4v) is 3.15. The van der Waals surface area contributed by atoms with Crippen LogP contribution >= 0.6 is 0 Å². The Kier molecular flexibility index (Phi) is 2.98. The van der Waals surface area contributed by atoms with Crippen LogP contribution in [-0.4, -0.2) is 18.1 Å². The minimum Gasteiger partial charge on any atom is -0.316 e. The van der Waals surface area contributed by atoms with Gasteiger partial charge in [0, 0.05) is 12.4 Å². The van der Waals surface area contributed by atoms with Gasteiger partial charge in [-0.15, -0.1) is 0 Å². The van der Waals surface area contributed by atoms with Crippen molar-refractivity contribution in [1.29, 1.82) is 0 Å². The zero-order chi connectivity index (χ0) is 11.7. The maximum absolute atomic E-state index is 4.31. The van der Waals surface area contributed by atoms with E-state index < -0.39 is 0 Å². The number of hydrogen-bond donors (Lipinski definition) is 1. The first-order valence-electron chi connectivity index (χ1n) is 6.65. The lowest BCUT2D eigenvalue weighted by Crippen LogP contribution is -2.37. The third-order valence-electron chi connectivity index (χ3n) is 4.16. The Hall–Kier alpha value is -1.15. The summed E-state index contributed by atoms with van der Waals surface area (Å²) in [6, 6.07) is 2.26. The van der Waals surface area contributed by atoms with Crippen LogP contribution in [0.2, 0.25) is 0 Å². The number of piperidine rings is 1. The molecule has 0 radical (unpaired) electrons. The maximum Gasteiger partial charge on any atom is 0.0343 e. The molecule has 0 spiro atoms. The van der Waals surface area contributed by atoms with Crippen LogP contribution in [0.1, 0.15) is 30.4 Å². The Balaban J connectivity index is 1.82. The maximum atomic E-state index is 4.31. The minimum absolute atomic E-state index is 0.837. The van der Waals surface area contributed by atoms with E-state index >= 15 is 0 Å². The second-order valence-electron chi connectivity index (χ2n) is 5.43. The van der Waals surface area contributed by atoms with Gasteiger partial charge in [0.2, 0.25) is 0 Å². The number of nitrogens with one attached hydrogen (secondary N) is 1. The monoisotopic (exact) mass is 228 g/mol. The van der Waals surface area contributed by atoms with Crippen molar-refractivity contribution >= 4 is 5.57 Å². The highest BCUT2D eigenvalue weighted by atomic mass is 14.9. The van der Waals surface area contributed by atoms with Crippen molar-refractivity contribution in [3.8, 4) is 0 Å². The van der Waals surface area contributed by atoms with Crippen LogP contribution in [0.3, 0.4) is 0 Å². The Morgan fingerprint density at radius 3 is 3.12 bits per heavy atom. The first-order chi connectivity index (χ1) is 8.33. The number of aromatic nitrogens is 1. The van der Waals surface area contributed by atoms with Crippen molar-refractivity contribution in [2.45, 2.75) is 26.2 Å². The topological polar surface area (TPSA) is 24.9 Å². The SMILES string of the molecule is Cc1cncc(C2=CC[C@@H]3CCNC[C@@H]3C2)c1. The Morgan fingerprint density at radius 2 is 2.24 bits per heavy atom. The predicted molar refractivity (Wildman–Crippen MR) is 70.7 cm³/mol. The van der Waals surface area contributed by atoms with Gasteiger partial charge in [0.15, 0.2) is 0 Å². The van der Waals surface area contributed by atoms with Crippen LogP contribution in [0.5, 0.6) is 0 Å². The highest BCUT2D eigenvalue weighted by molar-refractivity contribution is 5.66. The van der Waals surface area contributed by atoms with Crippen LogP contribution in [-0.2, 0) is 0 Å². The molecule has 3 rings (SSSR count). The number of allylic oxidation sites excluding steroid dienone is 2. The van der Waals surface area contributed by atoms with E-state index in [4.69, 9.17) is 0 Å². The minimum atomic E-state index is 0.837. The lowest BCUT2D eigenvalue weighted by molar-refractivity contribution is 0.252. The Labute approximate surface area is 103 Å². The molecular weight excluding hydrogens is 208 g/mol. The van der Waals surface area contributed by atoms with Crippen molar-refractivity contribution in [1.82, 2.24) is 10.3 Å². The second-order valence-corrected chi connectivity index (χ2v) is 5.43. The molecular formula is C15H20N2. The molecule has 0 saturated carbocycles. The fraction of sp³-hybridized carbons (Fsp3) is 0.533. The average Bonchev–Trinajstić information content (AvgIpc) is 2.38. The van der Waals surface area contributed by atoms with Gasteiger partial charge in [-0.05, 0) is 73.9 Å². The normalized spacial score (nSPS) is 28.4. The number of aryl methyl sites for hydroxylation is 1. The lowest BCUT2D eigenvalue weighted by Gasteiger charge is -2.35. The smallest absolute Gasteiger partial charge is 0.0343 e. The quantitative estimate of drug-likeness (QED) is 0.799. The van der Waals surface area contributed by atoms with Crippen LogP contribution < -0.4 is 5.32 Å². The zero-order valence-corrected chi connectivity index (χ0v) is 10.4. The summed E-state index contributed by atoms with van der Waals surface area (Å²) in [6.07, 6.45) is 10.2. The molecule has 0 bridgehead atoms. The summed E-state index contributed by atoms with van der Waals surface area (Å²) in [5.74, 6) is 1.75. The number of rotatable bonds is 1. The molecule has 1 aromatic rings. The van der Waals surface area contributed by atoms with Gasteiger partial charge < -0.3 is 5.32 Å². The zero-order valence-electron chi connectivity index (χ0n) is 10.4. The molecule has 1 aliphatic carbocycles. The summed E-state index contributed by atoms with van der Waals surface area (Å²) >= 11 is 0. The number of hydrogen-bond acceptors (Lipinski definition) is 2. The van der Waals surface area contributed by atoms with Crippen molar-refractivity contribution in [3.05, 3.63) is 35.7 Å². The average molecular weight is 228 g/mol. The third-order valence-corrected chi connectivity index (χ3v) is 4.16. The molecule has 1 saturated heterocycles. The predicted octanol–water partition coefficient (Wildman–Crippen LogP) is 2.79. The molecule has 0 aromatic carbocycles. The molecule has 1 aliphatic heterocycles. The number of nitrogens with zero attached hydrogens (tertiary/aromatic N) is 1. The van der Waals surface area contributed by atoms with E-state index in [2.05, 4.69) is 29.4 Å². The van der Waals surface area contributed by atoms with E-state index in [0.717, 1.165) is 11.8 Å². The molecule has 2 heteroatoms. The Morgan fingerprint density at radius 1 is 1.29 bits per heavy atom. The molecule has 1 aromatic heterocycles. The summed E-state index contributed by atoms with van der Waals surface area (Å²) in [5, 5.41) is 3.52. The summed E-state index contributed by atoms with van der Waals surface area (Å²) in [4.78, 5) is 4.31. The van der Waals surface area contributed by atoms with Gasteiger partial charge >= 0.3 is 0 Å². The van der Waals surface area contributed by atoms with E-state index in [-0.39, 0.29) is 0 Å². The molecule has 0 unspecified atom stereocenters. The van der Waals surface area contributed by atoms with Crippen molar-refractivity contribution in [2.24, 2.45) is 11.8 Å². The first-order valence-corrected chi connectivity index (χ1v) is 6.65. The van der Waals surface area contributed by atoms with Gasteiger partial charge in [-0.3, -0.25) is 4.98 Å². The lowest BCUT2D eigenvalue weighted by atomic mass is 9.75. The molecule has 2 aliphatic rings. The van der Waals surface area contributed by atoms with Crippen molar-refractivity contribution < 1.29 is 0 Å². The summed E-state index contributed by atoms with van der Waals surface area (Å²) < 4.78 is 0.